The van der Waals surface area contributed by atoms with Crippen LogP contribution in [0.1, 0.15) is 19.3 Å². The SMILES string of the molecule is CS(=O)(=O)N1CCN(CCCCC(=O)O)CC1. The molecule has 0 radical (unpaired) electrons. The van der Waals surface area contributed by atoms with Crippen LogP contribution in [0.25, 0.3) is 0 Å². The van der Waals surface area contributed by atoms with Crippen LogP contribution in [-0.4, -0.2) is 67.7 Å². The van der Waals surface area contributed by atoms with Gasteiger partial charge in [0, 0.05) is 32.6 Å². The third-order valence-electron chi connectivity index (χ3n) is 2.92. The first kappa shape index (κ1) is 14.4. The molecule has 0 unspecified atom stereocenters. The lowest BCUT2D eigenvalue weighted by atomic mass is 10.2. The standard InChI is InChI=1S/C10H20N2O4S/c1-17(15,16)12-8-6-11(7-9-12)5-3-2-4-10(13)14/h2-9H2,1H3,(H,13,14). The van der Waals surface area contributed by atoms with Crippen molar-refractivity contribution in [2.75, 3.05) is 39.0 Å². The number of aliphatic carboxylic acids is 1. The van der Waals surface area contributed by atoms with Crippen LogP contribution in [0.4, 0.5) is 0 Å². The zero-order valence-corrected chi connectivity index (χ0v) is 10.9. The van der Waals surface area contributed by atoms with Gasteiger partial charge in [0.2, 0.25) is 10.0 Å². The van der Waals surface area contributed by atoms with E-state index in [2.05, 4.69) is 4.90 Å². The van der Waals surface area contributed by atoms with Crippen molar-refractivity contribution in [3.05, 3.63) is 0 Å². The highest BCUT2D eigenvalue weighted by Gasteiger charge is 2.22. The molecule has 0 aliphatic carbocycles. The Bertz CT molecular complexity index is 347. The molecular weight excluding hydrogens is 244 g/mol. The lowest BCUT2D eigenvalue weighted by molar-refractivity contribution is -0.137. The molecule has 17 heavy (non-hydrogen) atoms. The molecule has 0 spiro atoms. The van der Waals surface area contributed by atoms with E-state index < -0.39 is 16.0 Å². The van der Waals surface area contributed by atoms with Crippen LogP contribution in [0.3, 0.4) is 0 Å². The second-order valence-corrected chi connectivity index (χ2v) is 6.34. The van der Waals surface area contributed by atoms with Crippen LogP contribution in [0.2, 0.25) is 0 Å². The molecule has 1 aliphatic rings. The van der Waals surface area contributed by atoms with Crippen molar-refractivity contribution in [3.8, 4) is 0 Å². The van der Waals surface area contributed by atoms with Gasteiger partial charge in [-0.05, 0) is 19.4 Å². The molecule has 1 saturated heterocycles. The fourth-order valence-corrected chi connectivity index (χ4v) is 2.72. The van der Waals surface area contributed by atoms with Crippen LogP contribution in [0.5, 0.6) is 0 Å². The van der Waals surface area contributed by atoms with Gasteiger partial charge in [-0.3, -0.25) is 4.79 Å². The predicted molar refractivity (Wildman–Crippen MR) is 64.3 cm³/mol. The Morgan fingerprint density at radius 1 is 1.18 bits per heavy atom. The van der Waals surface area contributed by atoms with Gasteiger partial charge in [0.05, 0.1) is 6.26 Å². The van der Waals surface area contributed by atoms with Crippen LogP contribution >= 0.6 is 0 Å². The molecule has 0 atom stereocenters. The summed E-state index contributed by atoms with van der Waals surface area (Å²) in [5.41, 5.74) is 0. The van der Waals surface area contributed by atoms with Gasteiger partial charge in [-0.25, -0.2) is 8.42 Å². The van der Waals surface area contributed by atoms with Crippen LogP contribution < -0.4 is 0 Å². The van der Waals surface area contributed by atoms with Gasteiger partial charge in [0.25, 0.3) is 0 Å². The van der Waals surface area contributed by atoms with Crippen molar-refractivity contribution < 1.29 is 18.3 Å². The number of hydrogen-bond donors (Lipinski definition) is 1. The minimum Gasteiger partial charge on any atom is -0.481 e. The van der Waals surface area contributed by atoms with E-state index in [1.807, 2.05) is 0 Å². The van der Waals surface area contributed by atoms with Crippen molar-refractivity contribution >= 4 is 16.0 Å². The summed E-state index contributed by atoms with van der Waals surface area (Å²) in [6.45, 7) is 3.40. The zero-order chi connectivity index (χ0) is 12.9. The Morgan fingerprint density at radius 2 is 1.76 bits per heavy atom. The highest BCUT2D eigenvalue weighted by Crippen LogP contribution is 2.07. The molecule has 0 aromatic heterocycles. The number of hydrogen-bond acceptors (Lipinski definition) is 4. The maximum absolute atomic E-state index is 11.3. The number of carbonyl (C=O) groups is 1. The van der Waals surface area contributed by atoms with Gasteiger partial charge in [-0.15, -0.1) is 0 Å². The highest BCUT2D eigenvalue weighted by atomic mass is 32.2. The average molecular weight is 264 g/mol. The summed E-state index contributed by atoms with van der Waals surface area (Å²) in [5, 5.41) is 8.49. The second-order valence-electron chi connectivity index (χ2n) is 4.35. The van der Waals surface area contributed by atoms with Crippen molar-refractivity contribution in [2.45, 2.75) is 19.3 Å². The minimum absolute atomic E-state index is 0.212. The van der Waals surface area contributed by atoms with E-state index in [4.69, 9.17) is 5.11 Å². The summed E-state index contributed by atoms with van der Waals surface area (Å²) in [7, 11) is -3.06. The third kappa shape index (κ3) is 5.47. The summed E-state index contributed by atoms with van der Waals surface area (Å²) in [5.74, 6) is -0.758. The van der Waals surface area contributed by atoms with Gasteiger partial charge in [0.1, 0.15) is 0 Å². The Balaban J connectivity index is 2.17. The van der Waals surface area contributed by atoms with Gasteiger partial charge >= 0.3 is 5.97 Å². The summed E-state index contributed by atoms with van der Waals surface area (Å²) in [6.07, 6.45) is 2.98. The summed E-state index contributed by atoms with van der Waals surface area (Å²) in [4.78, 5) is 12.5. The number of rotatable bonds is 6. The van der Waals surface area contributed by atoms with Gasteiger partial charge in [-0.1, -0.05) is 0 Å². The molecule has 1 N–H and O–H groups in total. The molecule has 0 aromatic carbocycles. The third-order valence-corrected chi connectivity index (χ3v) is 4.22. The minimum atomic E-state index is -3.06. The Labute approximate surface area is 102 Å². The molecule has 0 bridgehead atoms. The number of carboxylic acid groups (broad SMARTS) is 1. The van der Waals surface area contributed by atoms with Gasteiger partial charge < -0.3 is 10.0 Å². The maximum atomic E-state index is 11.3. The average Bonchev–Trinajstić information content (AvgIpc) is 2.23. The number of unbranched alkanes of at least 4 members (excludes halogenated alkanes) is 1. The lowest BCUT2D eigenvalue weighted by Crippen LogP contribution is -2.48. The first-order chi connectivity index (χ1) is 7.89. The quantitative estimate of drug-likeness (QED) is 0.673. The Kier molecular flexibility index (Phi) is 5.35. The molecule has 1 heterocycles. The van der Waals surface area contributed by atoms with E-state index in [0.29, 0.717) is 19.5 Å². The number of piperazine rings is 1. The molecular formula is C10H20N2O4S. The van der Waals surface area contributed by atoms with E-state index in [1.54, 1.807) is 0 Å². The number of sulfonamides is 1. The molecule has 6 nitrogen and oxygen atoms in total. The molecule has 0 amide bonds. The molecule has 7 heteroatoms. The summed E-state index contributed by atoms with van der Waals surface area (Å²) in [6, 6.07) is 0. The monoisotopic (exact) mass is 264 g/mol. The van der Waals surface area contributed by atoms with Gasteiger partial charge in [0.15, 0.2) is 0 Å². The molecule has 1 fully saturated rings. The Morgan fingerprint density at radius 3 is 2.24 bits per heavy atom. The smallest absolute Gasteiger partial charge is 0.303 e. The van der Waals surface area contributed by atoms with Crippen LogP contribution in [0.15, 0.2) is 0 Å². The molecule has 100 valence electrons. The summed E-state index contributed by atoms with van der Waals surface area (Å²) >= 11 is 0. The van der Waals surface area contributed by atoms with E-state index in [1.165, 1.54) is 10.6 Å². The lowest BCUT2D eigenvalue weighted by Gasteiger charge is -2.33. The predicted octanol–water partition coefficient (Wildman–Crippen LogP) is -0.181. The fraction of sp³-hybridized carbons (Fsp3) is 0.900. The molecule has 1 rings (SSSR count). The number of carboxylic acids is 1. The first-order valence-corrected chi connectivity index (χ1v) is 7.63. The zero-order valence-electron chi connectivity index (χ0n) is 10.1. The highest BCUT2D eigenvalue weighted by molar-refractivity contribution is 7.88. The fourth-order valence-electron chi connectivity index (χ4n) is 1.90. The van der Waals surface area contributed by atoms with E-state index in [-0.39, 0.29) is 6.42 Å². The number of nitrogens with zero attached hydrogens (tertiary/aromatic N) is 2. The first-order valence-electron chi connectivity index (χ1n) is 5.79. The molecule has 1 aliphatic heterocycles. The van der Waals surface area contributed by atoms with Crippen molar-refractivity contribution in [1.82, 2.24) is 9.21 Å². The van der Waals surface area contributed by atoms with Crippen LogP contribution in [-0.2, 0) is 14.8 Å². The van der Waals surface area contributed by atoms with Gasteiger partial charge in [-0.2, -0.15) is 4.31 Å². The normalized spacial score (nSPS) is 19.4. The van der Waals surface area contributed by atoms with Crippen molar-refractivity contribution in [1.29, 1.82) is 0 Å². The van der Waals surface area contributed by atoms with Crippen LogP contribution in [0, 0.1) is 0 Å². The van der Waals surface area contributed by atoms with Crippen molar-refractivity contribution in [2.24, 2.45) is 0 Å². The van der Waals surface area contributed by atoms with Crippen molar-refractivity contribution in [3.63, 3.8) is 0 Å². The second kappa shape index (κ2) is 6.32. The topological polar surface area (TPSA) is 77.9 Å². The largest absolute Gasteiger partial charge is 0.481 e. The van der Waals surface area contributed by atoms with E-state index >= 15 is 0 Å². The molecule has 0 saturated carbocycles. The van der Waals surface area contributed by atoms with E-state index in [0.717, 1.165) is 26.1 Å². The Hall–Kier alpha value is -0.660. The maximum Gasteiger partial charge on any atom is 0.303 e. The summed E-state index contributed by atoms with van der Waals surface area (Å²) < 4.78 is 24.0. The molecule has 0 aromatic rings. The van der Waals surface area contributed by atoms with E-state index in [9.17, 15) is 13.2 Å².